The number of carbonyl (C=O) groups is 1. The fourth-order valence-corrected chi connectivity index (χ4v) is 3.06. The summed E-state index contributed by atoms with van der Waals surface area (Å²) in [5.41, 5.74) is 0.944. The molecule has 1 aliphatic heterocycles. The summed E-state index contributed by atoms with van der Waals surface area (Å²) in [6.45, 7) is 6.86. The van der Waals surface area contributed by atoms with Crippen LogP contribution in [0.15, 0.2) is 30.3 Å². The van der Waals surface area contributed by atoms with E-state index in [2.05, 4.69) is 5.32 Å². The van der Waals surface area contributed by atoms with Gasteiger partial charge in [0.15, 0.2) is 6.29 Å². The minimum atomic E-state index is -0.461. The number of amides is 1. The lowest BCUT2D eigenvalue weighted by atomic mass is 10.2. The average Bonchev–Trinajstić information content (AvgIpc) is 2.90. The Kier molecular flexibility index (Phi) is 18.1. The monoisotopic (exact) mass is 499 g/mol. The first-order chi connectivity index (χ1) is 17.3. The van der Waals surface area contributed by atoms with Gasteiger partial charge < -0.3 is 43.2 Å². The highest BCUT2D eigenvalue weighted by atomic mass is 16.7. The summed E-state index contributed by atoms with van der Waals surface area (Å²) in [4.78, 5) is 11.6. The molecular formula is C25H41NO9. The predicted octanol–water partition coefficient (Wildman–Crippen LogP) is 2.54. The molecule has 0 aliphatic carbocycles. The summed E-state index contributed by atoms with van der Waals surface area (Å²) >= 11 is 0. The Morgan fingerprint density at radius 2 is 1.34 bits per heavy atom. The van der Waals surface area contributed by atoms with Crippen molar-refractivity contribution in [2.45, 2.75) is 32.2 Å². The second kappa shape index (κ2) is 21.5. The van der Waals surface area contributed by atoms with Gasteiger partial charge in [-0.2, -0.15) is 0 Å². The van der Waals surface area contributed by atoms with Crippen LogP contribution in [0.1, 0.15) is 24.8 Å². The Balaban J connectivity index is 1.21. The number of alkyl carbamates (subject to hydrolysis) is 1. The van der Waals surface area contributed by atoms with Crippen LogP contribution < -0.4 is 5.32 Å². The molecule has 1 aromatic rings. The highest BCUT2D eigenvalue weighted by molar-refractivity contribution is 5.67. The van der Waals surface area contributed by atoms with Crippen molar-refractivity contribution < 1.29 is 42.7 Å². The molecule has 1 fully saturated rings. The van der Waals surface area contributed by atoms with Crippen LogP contribution in [-0.2, 0) is 44.5 Å². The molecule has 1 unspecified atom stereocenters. The Hall–Kier alpha value is -1.79. The second-order valence-corrected chi connectivity index (χ2v) is 7.72. The Bertz CT molecular complexity index is 614. The van der Waals surface area contributed by atoms with Gasteiger partial charge in [0, 0.05) is 13.2 Å². The van der Waals surface area contributed by atoms with E-state index >= 15 is 0 Å². The number of hydrogen-bond donors (Lipinski definition) is 1. The Labute approximate surface area is 208 Å². The van der Waals surface area contributed by atoms with Crippen molar-refractivity contribution in [3.05, 3.63) is 35.9 Å². The first-order valence-electron chi connectivity index (χ1n) is 12.4. The predicted molar refractivity (Wildman–Crippen MR) is 128 cm³/mol. The summed E-state index contributed by atoms with van der Waals surface area (Å²) in [5, 5.41) is 2.64. The van der Waals surface area contributed by atoms with Gasteiger partial charge in [0.25, 0.3) is 0 Å². The van der Waals surface area contributed by atoms with Crippen LogP contribution in [0.5, 0.6) is 0 Å². The van der Waals surface area contributed by atoms with Gasteiger partial charge in [-0.15, -0.1) is 0 Å². The third-order valence-electron chi connectivity index (χ3n) is 4.89. The summed E-state index contributed by atoms with van der Waals surface area (Å²) < 4.78 is 43.4. The number of nitrogens with one attached hydrogen (secondary N) is 1. The molecule has 1 atom stereocenters. The quantitative estimate of drug-likeness (QED) is 0.256. The number of ether oxygens (including phenoxy) is 8. The lowest BCUT2D eigenvalue weighted by Crippen LogP contribution is -2.28. The molecule has 1 aromatic carbocycles. The molecule has 0 saturated carbocycles. The first-order valence-corrected chi connectivity index (χ1v) is 12.4. The van der Waals surface area contributed by atoms with Gasteiger partial charge in [0.05, 0.1) is 72.7 Å². The summed E-state index contributed by atoms with van der Waals surface area (Å²) in [5.74, 6) is 0. The molecule has 35 heavy (non-hydrogen) atoms. The molecule has 1 N–H and O–H groups in total. The van der Waals surface area contributed by atoms with Gasteiger partial charge in [-0.3, -0.25) is 0 Å². The largest absolute Gasteiger partial charge is 0.445 e. The SMILES string of the molecule is O=C(NCCOCCOCCOCCOCCOCCOC1CCCCO1)OCc1ccccc1. The third kappa shape index (κ3) is 17.3. The molecule has 0 aromatic heterocycles. The van der Waals surface area contributed by atoms with Crippen LogP contribution in [0, 0.1) is 0 Å². The lowest BCUT2D eigenvalue weighted by Gasteiger charge is -2.22. The smallest absolute Gasteiger partial charge is 0.407 e. The fourth-order valence-electron chi connectivity index (χ4n) is 3.06. The molecule has 1 aliphatic rings. The highest BCUT2D eigenvalue weighted by Gasteiger charge is 2.13. The molecule has 0 spiro atoms. The number of hydrogen-bond acceptors (Lipinski definition) is 9. The zero-order chi connectivity index (χ0) is 24.7. The zero-order valence-corrected chi connectivity index (χ0v) is 20.7. The normalized spacial score (nSPS) is 15.7. The van der Waals surface area contributed by atoms with Crippen LogP contribution in [0.2, 0.25) is 0 Å². The van der Waals surface area contributed by atoms with Gasteiger partial charge in [-0.25, -0.2) is 4.79 Å². The molecule has 10 nitrogen and oxygen atoms in total. The molecule has 1 amide bonds. The topological polar surface area (TPSA) is 103 Å². The van der Waals surface area contributed by atoms with Crippen molar-refractivity contribution in [2.24, 2.45) is 0 Å². The highest BCUT2D eigenvalue weighted by Crippen LogP contribution is 2.13. The lowest BCUT2D eigenvalue weighted by molar-refractivity contribution is -0.169. The Morgan fingerprint density at radius 1 is 0.771 bits per heavy atom. The van der Waals surface area contributed by atoms with Gasteiger partial charge >= 0.3 is 6.09 Å². The van der Waals surface area contributed by atoms with E-state index in [0.29, 0.717) is 79.2 Å². The third-order valence-corrected chi connectivity index (χ3v) is 4.89. The minimum absolute atomic E-state index is 0.0671. The van der Waals surface area contributed by atoms with Crippen LogP contribution in [0.25, 0.3) is 0 Å². The standard InChI is InChI=1S/C25H41NO9/c27-25(35-22-23-6-2-1-3-7-23)26-9-11-28-12-13-29-14-15-30-16-17-31-18-19-32-20-21-34-24-8-4-5-10-33-24/h1-3,6-7,24H,4-5,8-22H2,(H,26,27). The first kappa shape index (κ1) is 29.4. The van der Waals surface area contributed by atoms with E-state index in [9.17, 15) is 4.79 Å². The summed E-state index contributed by atoms with van der Waals surface area (Å²) in [6.07, 6.45) is 2.72. The number of benzene rings is 1. The maximum absolute atomic E-state index is 11.6. The molecular weight excluding hydrogens is 458 g/mol. The summed E-state index contributed by atoms with van der Waals surface area (Å²) in [7, 11) is 0. The number of rotatable bonds is 21. The fraction of sp³-hybridized carbons (Fsp3) is 0.720. The minimum Gasteiger partial charge on any atom is -0.445 e. The van der Waals surface area contributed by atoms with Crippen molar-refractivity contribution in [1.82, 2.24) is 5.32 Å². The van der Waals surface area contributed by atoms with E-state index in [4.69, 9.17) is 37.9 Å². The molecule has 1 heterocycles. The van der Waals surface area contributed by atoms with Crippen LogP contribution in [0.3, 0.4) is 0 Å². The van der Waals surface area contributed by atoms with E-state index in [1.54, 1.807) is 0 Å². The second-order valence-electron chi connectivity index (χ2n) is 7.72. The maximum atomic E-state index is 11.6. The van der Waals surface area contributed by atoms with Crippen molar-refractivity contribution in [2.75, 3.05) is 85.8 Å². The molecule has 0 bridgehead atoms. The van der Waals surface area contributed by atoms with Gasteiger partial charge in [0.2, 0.25) is 0 Å². The van der Waals surface area contributed by atoms with Gasteiger partial charge in [-0.05, 0) is 24.8 Å². The molecule has 200 valence electrons. The van der Waals surface area contributed by atoms with E-state index in [1.807, 2.05) is 30.3 Å². The number of carbonyl (C=O) groups excluding carboxylic acids is 1. The molecule has 0 radical (unpaired) electrons. The van der Waals surface area contributed by atoms with E-state index in [-0.39, 0.29) is 12.9 Å². The van der Waals surface area contributed by atoms with Crippen molar-refractivity contribution in [3.8, 4) is 0 Å². The van der Waals surface area contributed by atoms with E-state index in [0.717, 1.165) is 31.4 Å². The molecule has 10 heteroatoms. The van der Waals surface area contributed by atoms with E-state index < -0.39 is 6.09 Å². The van der Waals surface area contributed by atoms with Crippen LogP contribution in [0.4, 0.5) is 4.79 Å². The molecule has 2 rings (SSSR count). The van der Waals surface area contributed by atoms with Crippen LogP contribution >= 0.6 is 0 Å². The average molecular weight is 500 g/mol. The summed E-state index contributed by atoms with van der Waals surface area (Å²) in [6, 6.07) is 9.52. The Morgan fingerprint density at radius 3 is 1.91 bits per heavy atom. The molecule has 1 saturated heterocycles. The van der Waals surface area contributed by atoms with Crippen molar-refractivity contribution in [3.63, 3.8) is 0 Å². The maximum Gasteiger partial charge on any atom is 0.407 e. The van der Waals surface area contributed by atoms with E-state index in [1.165, 1.54) is 0 Å². The van der Waals surface area contributed by atoms with Gasteiger partial charge in [0.1, 0.15) is 6.61 Å². The van der Waals surface area contributed by atoms with Gasteiger partial charge in [-0.1, -0.05) is 30.3 Å². The van der Waals surface area contributed by atoms with Crippen molar-refractivity contribution >= 4 is 6.09 Å². The van der Waals surface area contributed by atoms with Crippen molar-refractivity contribution in [1.29, 1.82) is 0 Å². The zero-order valence-electron chi connectivity index (χ0n) is 20.7. The van der Waals surface area contributed by atoms with Crippen LogP contribution in [-0.4, -0.2) is 98.2 Å².